The highest BCUT2D eigenvalue weighted by molar-refractivity contribution is 6.66. The molecule has 0 bridgehead atoms. The Hall–Kier alpha value is -1.59. The van der Waals surface area contributed by atoms with Crippen LogP contribution in [0.4, 0.5) is 15.3 Å². The second kappa shape index (κ2) is 4.21. The maximum absolute atomic E-state index is 11.5. The molecule has 2 amide bonds. The van der Waals surface area contributed by atoms with Gasteiger partial charge in [-0.25, -0.2) is 4.79 Å². The molecule has 6 heteroatoms. The lowest BCUT2D eigenvalue weighted by Gasteiger charge is -2.29. The molecule has 19 heavy (non-hydrogen) atoms. The Morgan fingerprint density at radius 3 is 2.58 bits per heavy atom. The Morgan fingerprint density at radius 1 is 1.42 bits per heavy atom. The molecule has 1 aliphatic rings. The molecule has 1 aliphatic heterocycles. The molecule has 1 aromatic rings. The Labute approximate surface area is 115 Å². The average Bonchev–Trinajstić information content (AvgIpc) is 2.60. The lowest BCUT2D eigenvalue weighted by Crippen LogP contribution is -2.59. The number of carbonyl (C=O) groups excluding carboxylic acids is 2. The van der Waals surface area contributed by atoms with Crippen molar-refractivity contribution in [3.8, 4) is 5.75 Å². The predicted molar refractivity (Wildman–Crippen MR) is 69.2 cm³/mol. The largest absolute Gasteiger partial charge is 0.497 e. The minimum absolute atomic E-state index is 0.183. The number of carboxylic acid groups (broad SMARTS) is 1. The number of hydrogen-bond donors (Lipinski definition) is 0. The number of imide groups is 1. The fourth-order valence-corrected chi connectivity index (χ4v) is 2.38. The third-order valence-corrected chi connectivity index (χ3v) is 3.61. The van der Waals surface area contributed by atoms with E-state index in [2.05, 4.69) is 0 Å². The highest BCUT2D eigenvalue weighted by Crippen LogP contribution is 2.44. The molecule has 0 aliphatic carbocycles. The summed E-state index contributed by atoms with van der Waals surface area (Å²) in [5, 5.41) is 10.3. The van der Waals surface area contributed by atoms with Crippen molar-refractivity contribution in [2.45, 2.75) is 25.9 Å². The molecule has 0 fully saturated rings. The minimum atomic E-state index is -1.60. The van der Waals surface area contributed by atoms with E-state index in [0.29, 0.717) is 12.2 Å². The summed E-state index contributed by atoms with van der Waals surface area (Å²) < 4.78 is 4.60. The number of hydrogen-bond acceptors (Lipinski definition) is 4. The predicted octanol–water partition coefficient (Wildman–Crippen LogP) is 2.04. The van der Waals surface area contributed by atoms with Gasteiger partial charge in [0.2, 0.25) is 0 Å². The molecule has 1 heterocycles. The van der Waals surface area contributed by atoms with E-state index in [1.165, 1.54) is 13.1 Å². The van der Waals surface area contributed by atoms with Gasteiger partial charge in [0.1, 0.15) is 5.60 Å². The second-order valence-corrected chi connectivity index (χ2v) is 5.65. The summed E-state index contributed by atoms with van der Waals surface area (Å²) in [5.41, 5.74) is 0.596. The van der Waals surface area contributed by atoms with E-state index < -0.39 is 21.5 Å². The number of carbonyl (C=O) groups is 2. The van der Waals surface area contributed by atoms with Crippen molar-refractivity contribution in [3.63, 3.8) is 0 Å². The molecule has 1 unspecified atom stereocenters. The first-order valence-electron chi connectivity index (χ1n) is 5.78. The minimum Gasteiger partial charge on any atom is -0.497 e. The summed E-state index contributed by atoms with van der Waals surface area (Å²) in [6, 6.07) is 5.03. The number of ether oxygens (including phenoxy) is 1. The topological polar surface area (TPSA) is 66.4 Å². The fraction of sp³-hybridized carbons (Fsp3) is 0.385. The van der Waals surface area contributed by atoms with Crippen LogP contribution < -0.4 is 14.3 Å². The zero-order valence-corrected chi connectivity index (χ0v) is 11.7. The van der Waals surface area contributed by atoms with Gasteiger partial charge in [-0.05, 0) is 13.8 Å². The molecular formula is C13H14ClNO4. The SMILES string of the molecule is CC1(C)Cc2cccc([N+](C)(C(=O)[O-])C(=O)Cl)c2O1. The van der Waals surface area contributed by atoms with Gasteiger partial charge in [0, 0.05) is 29.7 Å². The molecule has 2 rings (SSSR count). The maximum atomic E-state index is 11.5. The van der Waals surface area contributed by atoms with Gasteiger partial charge < -0.3 is 14.6 Å². The van der Waals surface area contributed by atoms with Crippen LogP contribution in [0.3, 0.4) is 0 Å². The lowest BCUT2D eigenvalue weighted by atomic mass is 10.0. The van der Waals surface area contributed by atoms with Gasteiger partial charge in [-0.3, -0.25) is 0 Å². The Kier molecular flexibility index (Phi) is 3.07. The van der Waals surface area contributed by atoms with Crippen LogP contribution in [0.2, 0.25) is 0 Å². The Morgan fingerprint density at radius 2 is 2.05 bits per heavy atom. The molecular weight excluding hydrogens is 270 g/mol. The van der Waals surface area contributed by atoms with Crippen molar-refractivity contribution in [3.05, 3.63) is 23.8 Å². The number of nitrogens with zero attached hydrogens (tertiary/aromatic N) is 1. The number of para-hydroxylation sites is 1. The first kappa shape index (κ1) is 13.8. The Bertz CT molecular complexity index is 554. The summed E-state index contributed by atoms with van der Waals surface area (Å²) in [7, 11) is 1.18. The molecule has 0 saturated carbocycles. The van der Waals surface area contributed by atoms with E-state index in [0.717, 1.165) is 5.56 Å². The summed E-state index contributed by atoms with van der Waals surface area (Å²) in [5.74, 6) is 0.396. The van der Waals surface area contributed by atoms with Crippen molar-refractivity contribution >= 4 is 28.7 Å². The summed E-state index contributed by atoms with van der Waals surface area (Å²) in [4.78, 5) is 22.9. The molecule has 1 atom stereocenters. The van der Waals surface area contributed by atoms with E-state index in [1.54, 1.807) is 6.07 Å². The maximum Gasteiger partial charge on any atom is 0.423 e. The molecule has 5 nitrogen and oxygen atoms in total. The van der Waals surface area contributed by atoms with Gasteiger partial charge >= 0.3 is 5.37 Å². The molecule has 102 valence electrons. The summed E-state index contributed by atoms with van der Waals surface area (Å²) in [6.07, 6.45) is -0.957. The quantitative estimate of drug-likeness (QED) is 0.449. The van der Waals surface area contributed by atoms with Crippen molar-refractivity contribution in [1.82, 2.24) is 4.48 Å². The molecule has 0 N–H and O–H groups in total. The zero-order chi connectivity index (χ0) is 14.4. The van der Waals surface area contributed by atoms with Crippen LogP contribution >= 0.6 is 11.6 Å². The van der Waals surface area contributed by atoms with Crippen molar-refractivity contribution in [2.75, 3.05) is 7.05 Å². The highest BCUT2D eigenvalue weighted by Gasteiger charge is 2.43. The van der Waals surface area contributed by atoms with Crippen LogP contribution in [0.5, 0.6) is 5.75 Å². The standard InChI is InChI=1S/C13H14ClNO4/c1-13(2)7-8-5-4-6-9(10(8)19-13)15(3,11(14)16)12(17)18/h4-6H,7H2,1-3H3. The fourth-order valence-electron chi connectivity index (χ4n) is 2.22. The third kappa shape index (κ3) is 2.09. The van der Waals surface area contributed by atoms with Crippen LogP contribution in [-0.4, -0.2) is 24.1 Å². The number of benzene rings is 1. The first-order valence-corrected chi connectivity index (χ1v) is 6.16. The normalized spacial score (nSPS) is 19.2. The van der Waals surface area contributed by atoms with E-state index in [4.69, 9.17) is 16.3 Å². The van der Waals surface area contributed by atoms with Gasteiger partial charge in [0.25, 0.3) is 6.09 Å². The lowest BCUT2D eigenvalue weighted by molar-refractivity contribution is -0.258. The van der Waals surface area contributed by atoms with Gasteiger partial charge in [-0.2, -0.15) is 4.48 Å². The number of fused-ring (bicyclic) bond motifs is 1. The smallest absolute Gasteiger partial charge is 0.423 e. The van der Waals surface area contributed by atoms with Crippen molar-refractivity contribution < 1.29 is 19.4 Å². The molecule has 0 aromatic heterocycles. The van der Waals surface area contributed by atoms with Gasteiger partial charge in [-0.15, -0.1) is 0 Å². The van der Waals surface area contributed by atoms with Crippen molar-refractivity contribution in [1.29, 1.82) is 0 Å². The Balaban J connectivity index is 2.63. The van der Waals surface area contributed by atoms with Crippen LogP contribution in [0.25, 0.3) is 0 Å². The first-order chi connectivity index (χ1) is 8.68. The summed E-state index contributed by atoms with van der Waals surface area (Å²) >= 11 is 5.44. The van der Waals surface area contributed by atoms with Crippen LogP contribution in [0.15, 0.2) is 18.2 Å². The van der Waals surface area contributed by atoms with Crippen LogP contribution in [0.1, 0.15) is 19.4 Å². The van der Waals surface area contributed by atoms with E-state index in [1.807, 2.05) is 19.9 Å². The third-order valence-electron chi connectivity index (χ3n) is 3.27. The molecule has 0 radical (unpaired) electrons. The van der Waals surface area contributed by atoms with E-state index >= 15 is 0 Å². The number of quaternary nitrogens is 1. The molecule has 0 spiro atoms. The second-order valence-electron chi connectivity index (χ2n) is 5.33. The highest BCUT2D eigenvalue weighted by atomic mass is 35.5. The van der Waals surface area contributed by atoms with Crippen LogP contribution in [-0.2, 0) is 6.42 Å². The number of amides is 2. The zero-order valence-electron chi connectivity index (χ0n) is 10.9. The van der Waals surface area contributed by atoms with Gasteiger partial charge in [-0.1, -0.05) is 12.1 Å². The molecule has 1 aromatic carbocycles. The number of halogens is 1. The monoisotopic (exact) mass is 283 g/mol. The average molecular weight is 284 g/mol. The van der Waals surface area contributed by atoms with Gasteiger partial charge in [0.15, 0.2) is 11.4 Å². The van der Waals surface area contributed by atoms with E-state index in [-0.39, 0.29) is 5.69 Å². The van der Waals surface area contributed by atoms with Gasteiger partial charge in [0.05, 0.1) is 7.05 Å². The van der Waals surface area contributed by atoms with E-state index in [9.17, 15) is 14.7 Å². The van der Waals surface area contributed by atoms with Crippen LogP contribution in [0, 0.1) is 0 Å². The number of rotatable bonds is 1. The summed E-state index contributed by atoms with van der Waals surface area (Å²) in [6.45, 7) is 3.78. The molecule has 0 saturated heterocycles. The van der Waals surface area contributed by atoms with Crippen molar-refractivity contribution in [2.24, 2.45) is 0 Å².